The van der Waals surface area contributed by atoms with E-state index in [4.69, 9.17) is 5.11 Å². The molecule has 1 heterocycles. The van der Waals surface area contributed by atoms with Crippen LogP contribution in [0.2, 0.25) is 0 Å². The normalized spacial score (nSPS) is 16.5. The Morgan fingerprint density at radius 3 is 2.77 bits per heavy atom. The zero-order valence-corrected chi connectivity index (χ0v) is 16.4. The molecule has 0 aliphatic carbocycles. The largest absolute Gasteiger partial charge is 0.481 e. The molecule has 2 N–H and O–H groups in total. The van der Waals surface area contributed by atoms with E-state index < -0.39 is 12.0 Å². The van der Waals surface area contributed by atoms with Crippen LogP contribution < -0.4 is 5.32 Å². The van der Waals surface area contributed by atoms with Crippen LogP contribution in [0.1, 0.15) is 35.2 Å². The third-order valence-corrected chi connectivity index (χ3v) is 6.46. The summed E-state index contributed by atoms with van der Waals surface area (Å²) in [6.07, 6.45) is 1.65. The fourth-order valence-electron chi connectivity index (χ4n) is 2.81. The molecule has 1 atom stereocenters. The van der Waals surface area contributed by atoms with Crippen LogP contribution in [0.15, 0.2) is 24.3 Å². The maximum absolute atomic E-state index is 12.7. The Hall–Kier alpha value is -1.67. The fourth-order valence-corrected chi connectivity index (χ4v) is 4.69. The number of amides is 2. The first kappa shape index (κ1) is 20.6. The lowest BCUT2D eigenvalue weighted by atomic mass is 10.1. The van der Waals surface area contributed by atoms with Crippen LogP contribution in [-0.4, -0.2) is 58.4 Å². The van der Waals surface area contributed by atoms with Gasteiger partial charge in [0.15, 0.2) is 0 Å². The monoisotopic (exact) mass is 396 g/mol. The topological polar surface area (TPSA) is 86.7 Å². The van der Waals surface area contributed by atoms with Gasteiger partial charge < -0.3 is 15.3 Å². The van der Waals surface area contributed by atoms with Crippen molar-refractivity contribution >= 4 is 39.4 Å². The molecule has 0 aromatic heterocycles. The Bertz CT molecular complexity index is 654. The van der Waals surface area contributed by atoms with Crippen molar-refractivity contribution in [1.82, 2.24) is 10.2 Å². The number of carbonyl (C=O) groups excluding carboxylic acids is 2. The van der Waals surface area contributed by atoms with E-state index >= 15 is 0 Å². The molecule has 1 fully saturated rings. The fraction of sp³-hybridized carbons (Fsp3) is 0.500. The van der Waals surface area contributed by atoms with E-state index in [0.717, 1.165) is 12.0 Å². The molecule has 142 valence electrons. The highest BCUT2D eigenvalue weighted by molar-refractivity contribution is 8.76. The van der Waals surface area contributed by atoms with E-state index in [1.54, 1.807) is 21.8 Å². The molecule has 26 heavy (non-hydrogen) atoms. The summed E-state index contributed by atoms with van der Waals surface area (Å²) < 4.78 is 0. The van der Waals surface area contributed by atoms with Crippen LogP contribution in [0.25, 0.3) is 0 Å². The second kappa shape index (κ2) is 10.5. The van der Waals surface area contributed by atoms with Gasteiger partial charge in [-0.25, -0.2) is 0 Å². The zero-order valence-electron chi connectivity index (χ0n) is 14.8. The van der Waals surface area contributed by atoms with Crippen molar-refractivity contribution in [2.75, 3.05) is 24.6 Å². The zero-order chi connectivity index (χ0) is 18.9. The summed E-state index contributed by atoms with van der Waals surface area (Å²) in [7, 11) is 3.03. The van der Waals surface area contributed by atoms with E-state index in [0.29, 0.717) is 36.6 Å². The molecule has 0 saturated carbocycles. The molecule has 2 rings (SSSR count). The van der Waals surface area contributed by atoms with E-state index in [1.807, 2.05) is 25.1 Å². The standard InChI is InChI=1S/C18H24N2O4S2/c1-13-4-2-5-14(12-13)18(24)20-9-3-6-15(20)17(23)19-8-11-26-25-10-7-16(21)22/h2,4-5,12,15H,3,6-11H2,1H3,(H,19,23)(H,21,22)/t15-/m1/s1. The number of benzene rings is 1. The molecule has 8 heteroatoms. The smallest absolute Gasteiger partial charge is 0.304 e. The predicted molar refractivity (Wildman–Crippen MR) is 105 cm³/mol. The summed E-state index contributed by atoms with van der Waals surface area (Å²) in [4.78, 5) is 37.2. The molecule has 0 bridgehead atoms. The van der Waals surface area contributed by atoms with Gasteiger partial charge in [0.1, 0.15) is 6.04 Å². The highest BCUT2D eigenvalue weighted by atomic mass is 33.1. The summed E-state index contributed by atoms with van der Waals surface area (Å²) in [5.74, 6) is 0.250. The molecule has 1 aliphatic rings. The van der Waals surface area contributed by atoms with E-state index in [9.17, 15) is 14.4 Å². The van der Waals surface area contributed by atoms with Gasteiger partial charge in [-0.05, 0) is 31.9 Å². The van der Waals surface area contributed by atoms with E-state index in [2.05, 4.69) is 5.32 Å². The van der Waals surface area contributed by atoms with Crippen LogP contribution in [0.4, 0.5) is 0 Å². The molecule has 1 aromatic rings. The van der Waals surface area contributed by atoms with Gasteiger partial charge in [0.05, 0.1) is 6.42 Å². The molecule has 0 radical (unpaired) electrons. The third kappa shape index (κ3) is 6.25. The van der Waals surface area contributed by atoms with Gasteiger partial charge in [-0.2, -0.15) is 0 Å². The second-order valence-electron chi connectivity index (χ2n) is 6.10. The van der Waals surface area contributed by atoms with Gasteiger partial charge in [0.2, 0.25) is 5.91 Å². The minimum Gasteiger partial charge on any atom is -0.481 e. The van der Waals surface area contributed by atoms with Crippen LogP contribution in [0.3, 0.4) is 0 Å². The quantitative estimate of drug-likeness (QED) is 0.493. The molecule has 6 nitrogen and oxygen atoms in total. The lowest BCUT2D eigenvalue weighted by Crippen LogP contribution is -2.46. The average molecular weight is 397 g/mol. The van der Waals surface area contributed by atoms with Crippen molar-refractivity contribution < 1.29 is 19.5 Å². The van der Waals surface area contributed by atoms with Gasteiger partial charge in [-0.1, -0.05) is 39.3 Å². The number of nitrogens with one attached hydrogen (secondary N) is 1. The van der Waals surface area contributed by atoms with Crippen LogP contribution in [0.5, 0.6) is 0 Å². The van der Waals surface area contributed by atoms with Crippen molar-refractivity contribution in [3.8, 4) is 0 Å². The highest BCUT2D eigenvalue weighted by Crippen LogP contribution is 2.22. The minimum atomic E-state index is -0.800. The van der Waals surface area contributed by atoms with Crippen molar-refractivity contribution in [1.29, 1.82) is 0 Å². The number of aliphatic carboxylic acids is 1. The summed E-state index contributed by atoms with van der Waals surface area (Å²) >= 11 is 0. The molecule has 0 unspecified atom stereocenters. The van der Waals surface area contributed by atoms with Gasteiger partial charge in [0.25, 0.3) is 5.91 Å². The third-order valence-electron chi connectivity index (χ3n) is 4.05. The van der Waals surface area contributed by atoms with E-state index in [1.165, 1.54) is 10.8 Å². The summed E-state index contributed by atoms with van der Waals surface area (Å²) in [5.41, 5.74) is 1.64. The van der Waals surface area contributed by atoms with Gasteiger partial charge >= 0.3 is 5.97 Å². The van der Waals surface area contributed by atoms with Gasteiger partial charge in [-0.15, -0.1) is 0 Å². The molecular formula is C18H24N2O4S2. The van der Waals surface area contributed by atoms with E-state index in [-0.39, 0.29) is 18.2 Å². The van der Waals surface area contributed by atoms with Crippen LogP contribution in [-0.2, 0) is 9.59 Å². The van der Waals surface area contributed by atoms with Crippen LogP contribution in [0, 0.1) is 6.92 Å². The Kier molecular flexibility index (Phi) is 8.31. The number of carboxylic acid groups (broad SMARTS) is 1. The molecule has 0 spiro atoms. The molecule has 2 amide bonds. The number of carbonyl (C=O) groups is 3. The lowest BCUT2D eigenvalue weighted by Gasteiger charge is -2.24. The lowest BCUT2D eigenvalue weighted by molar-refractivity contribution is -0.136. The van der Waals surface area contributed by atoms with Crippen molar-refractivity contribution in [3.05, 3.63) is 35.4 Å². The van der Waals surface area contributed by atoms with Crippen LogP contribution >= 0.6 is 21.6 Å². The predicted octanol–water partition coefficient (Wildman–Crippen LogP) is 2.57. The first-order valence-electron chi connectivity index (χ1n) is 8.60. The van der Waals surface area contributed by atoms with Crippen molar-refractivity contribution in [2.24, 2.45) is 0 Å². The molecule has 1 aliphatic heterocycles. The first-order valence-corrected chi connectivity index (χ1v) is 11.1. The Labute approximate surface area is 161 Å². The van der Waals surface area contributed by atoms with Crippen molar-refractivity contribution in [2.45, 2.75) is 32.2 Å². The summed E-state index contributed by atoms with van der Waals surface area (Å²) in [5, 5.41) is 11.5. The number of carboxylic acids is 1. The Morgan fingerprint density at radius 2 is 2.04 bits per heavy atom. The Balaban J connectivity index is 1.77. The number of aryl methyl sites for hydroxylation is 1. The minimum absolute atomic E-state index is 0.0926. The average Bonchev–Trinajstić information content (AvgIpc) is 3.09. The van der Waals surface area contributed by atoms with Crippen molar-refractivity contribution in [3.63, 3.8) is 0 Å². The maximum atomic E-state index is 12.7. The summed E-state index contributed by atoms with van der Waals surface area (Å²) in [6.45, 7) is 3.05. The Morgan fingerprint density at radius 1 is 1.27 bits per heavy atom. The first-order chi connectivity index (χ1) is 12.5. The summed E-state index contributed by atoms with van der Waals surface area (Å²) in [6, 6.07) is 7.02. The van der Waals surface area contributed by atoms with Gasteiger partial charge in [0, 0.05) is 30.2 Å². The molecular weight excluding hydrogens is 372 g/mol. The SMILES string of the molecule is Cc1cccc(C(=O)N2CCC[C@@H]2C(=O)NCCSSCCC(=O)O)c1. The number of rotatable bonds is 9. The second-order valence-corrected chi connectivity index (χ2v) is 8.81. The number of nitrogens with zero attached hydrogens (tertiary/aromatic N) is 1. The number of hydrogen-bond acceptors (Lipinski definition) is 5. The highest BCUT2D eigenvalue weighted by Gasteiger charge is 2.34. The molecule has 1 saturated heterocycles. The number of likely N-dealkylation sites (tertiary alicyclic amines) is 1. The number of hydrogen-bond donors (Lipinski definition) is 2. The molecule has 1 aromatic carbocycles. The maximum Gasteiger partial charge on any atom is 0.304 e. The van der Waals surface area contributed by atoms with Gasteiger partial charge in [-0.3, -0.25) is 14.4 Å².